The van der Waals surface area contributed by atoms with Crippen LogP contribution < -0.4 is 27.2 Å². The van der Waals surface area contributed by atoms with Crippen molar-refractivity contribution in [1.82, 2.24) is 9.13 Å². The molecule has 0 saturated carbocycles. The number of aromatic nitrogens is 2. The first-order valence-electron chi connectivity index (χ1n) is 11.4. The van der Waals surface area contributed by atoms with Crippen LogP contribution in [-0.4, -0.2) is 9.13 Å². The molecule has 0 N–H and O–H groups in total. The highest BCUT2D eigenvalue weighted by Crippen LogP contribution is 2.49. The van der Waals surface area contributed by atoms with E-state index in [1.54, 1.807) is 12.1 Å². The number of nitriles is 3. The van der Waals surface area contributed by atoms with E-state index >= 15 is 0 Å². The predicted molar refractivity (Wildman–Crippen MR) is 148 cm³/mol. The normalized spacial score (nSPS) is 10.5. The van der Waals surface area contributed by atoms with Crippen LogP contribution in [0.15, 0.2) is 111 Å². The summed E-state index contributed by atoms with van der Waals surface area (Å²) in [6.45, 7) is 0. The third kappa shape index (κ3) is 4.29. The number of hydrogen-bond acceptors (Lipinski definition) is 6. The maximum Gasteiger partial charge on any atom is 0.332 e. The lowest BCUT2D eigenvalue weighted by atomic mass is 10.0. The molecule has 0 radical (unpaired) electrons. The molecule has 1 heterocycles. The van der Waals surface area contributed by atoms with E-state index < -0.39 is 29.4 Å². The Labute approximate surface area is 219 Å². The Kier molecular flexibility index (Phi) is 7.36. The van der Waals surface area contributed by atoms with Gasteiger partial charge in [-0.05, 0) is 0 Å². The largest absolute Gasteiger partial charge is 0.332 e. The van der Waals surface area contributed by atoms with Crippen molar-refractivity contribution in [3.8, 4) is 18.2 Å². The van der Waals surface area contributed by atoms with Crippen LogP contribution in [0.5, 0.6) is 0 Å². The standard InChI is InChI=1S/C29H21N6O2P/c1-34-27(26(28(36)35(2)29(34)37)25(20-32)21(18-30)19-31)33-38(22-12-6-3-7-13-22,23-14-8-4-9-15-23)24-16-10-5-11-17-24/h3-17H,1-2H3. The summed E-state index contributed by atoms with van der Waals surface area (Å²) in [5.74, 6) is -0.0810. The van der Waals surface area contributed by atoms with E-state index in [-0.39, 0.29) is 11.4 Å². The maximum absolute atomic E-state index is 13.5. The van der Waals surface area contributed by atoms with Crippen LogP contribution in [0.2, 0.25) is 0 Å². The molecule has 1 aromatic heterocycles. The fourth-order valence-corrected chi connectivity index (χ4v) is 7.81. The minimum absolute atomic E-state index is 0.0810. The molecule has 0 atom stereocenters. The molecule has 184 valence electrons. The molecule has 0 saturated heterocycles. The summed E-state index contributed by atoms with van der Waals surface area (Å²) in [4.78, 5) is 26.6. The van der Waals surface area contributed by atoms with Crippen LogP contribution >= 0.6 is 7.05 Å². The average molecular weight is 517 g/mol. The molecule has 3 aromatic carbocycles. The van der Waals surface area contributed by atoms with Crippen molar-refractivity contribution in [2.45, 2.75) is 0 Å². The Morgan fingerprint density at radius 2 is 1.11 bits per heavy atom. The molecular formula is C29H21N6O2P. The quantitative estimate of drug-likeness (QED) is 0.297. The van der Waals surface area contributed by atoms with E-state index in [9.17, 15) is 25.4 Å². The lowest BCUT2D eigenvalue weighted by Gasteiger charge is -2.27. The number of rotatable bonds is 5. The van der Waals surface area contributed by atoms with Gasteiger partial charge >= 0.3 is 5.69 Å². The van der Waals surface area contributed by atoms with Crippen LogP contribution in [0.1, 0.15) is 5.56 Å². The van der Waals surface area contributed by atoms with Crippen molar-refractivity contribution in [2.24, 2.45) is 18.8 Å². The maximum atomic E-state index is 13.5. The van der Waals surface area contributed by atoms with E-state index in [4.69, 9.17) is 4.74 Å². The van der Waals surface area contributed by atoms with E-state index in [1.165, 1.54) is 18.7 Å². The summed E-state index contributed by atoms with van der Waals surface area (Å²) in [5.41, 5.74) is -2.72. The average Bonchev–Trinajstić information content (AvgIpc) is 2.98. The van der Waals surface area contributed by atoms with Crippen molar-refractivity contribution >= 4 is 34.4 Å². The Hall–Kier alpha value is -5.22. The first kappa shape index (κ1) is 25.9. The molecule has 0 aliphatic heterocycles. The van der Waals surface area contributed by atoms with E-state index in [0.29, 0.717) is 0 Å². The van der Waals surface area contributed by atoms with Gasteiger partial charge in [-0.15, -0.1) is 0 Å². The summed E-state index contributed by atoms with van der Waals surface area (Å²) in [7, 11) is -0.233. The van der Waals surface area contributed by atoms with Gasteiger partial charge in [0.25, 0.3) is 5.56 Å². The first-order valence-corrected chi connectivity index (χ1v) is 13.2. The molecule has 38 heavy (non-hydrogen) atoms. The van der Waals surface area contributed by atoms with Gasteiger partial charge in [0, 0.05) is 30.0 Å². The molecule has 0 aliphatic rings. The highest BCUT2D eigenvalue weighted by Gasteiger charge is 2.30. The Morgan fingerprint density at radius 3 is 1.47 bits per heavy atom. The lowest BCUT2D eigenvalue weighted by molar-refractivity contribution is 0.686. The summed E-state index contributed by atoms with van der Waals surface area (Å²) >= 11 is 0. The van der Waals surface area contributed by atoms with E-state index in [0.717, 1.165) is 20.5 Å². The second kappa shape index (κ2) is 10.8. The molecule has 4 rings (SSSR count). The number of hydrogen-bond donors (Lipinski definition) is 0. The second-order valence-electron chi connectivity index (χ2n) is 8.23. The molecule has 0 amide bonds. The second-order valence-corrected chi connectivity index (χ2v) is 11.3. The number of benzene rings is 3. The van der Waals surface area contributed by atoms with Gasteiger partial charge in [0.15, 0.2) is 0 Å². The van der Waals surface area contributed by atoms with Gasteiger partial charge < -0.3 is 0 Å². The zero-order valence-corrected chi connectivity index (χ0v) is 21.5. The molecule has 8 nitrogen and oxygen atoms in total. The molecule has 0 bridgehead atoms. The molecule has 0 aliphatic carbocycles. The number of nitrogens with zero attached hydrogens (tertiary/aromatic N) is 6. The van der Waals surface area contributed by atoms with Crippen LogP contribution in [-0.2, 0) is 14.1 Å². The molecule has 9 heteroatoms. The molecule has 4 aromatic rings. The Bertz CT molecular complexity index is 1730. The first-order chi connectivity index (χ1) is 18.4. The smallest absolute Gasteiger partial charge is 0.280 e. The van der Waals surface area contributed by atoms with Gasteiger partial charge in [-0.3, -0.25) is 13.9 Å². The zero-order valence-electron chi connectivity index (χ0n) is 20.6. The SMILES string of the molecule is Cn1c(N=P(c2ccccc2)(c2ccccc2)c2ccccc2)c(C(C#N)=C(C#N)C#N)c(=O)n(C)c1=O. The number of allylic oxidation sites excluding steroid dienone is 2. The summed E-state index contributed by atoms with van der Waals surface area (Å²) in [6.07, 6.45) is 0. The minimum atomic E-state index is -2.96. The van der Waals surface area contributed by atoms with Crippen LogP contribution in [0.3, 0.4) is 0 Å². The molecular weight excluding hydrogens is 495 g/mol. The third-order valence-electron chi connectivity index (χ3n) is 6.10. The summed E-state index contributed by atoms with van der Waals surface area (Å²) in [6, 6.07) is 33.8. The van der Waals surface area contributed by atoms with Crippen LogP contribution in [0.4, 0.5) is 5.82 Å². The van der Waals surface area contributed by atoms with Gasteiger partial charge in [-0.1, -0.05) is 91.0 Å². The summed E-state index contributed by atoms with van der Waals surface area (Å²) in [5, 5.41) is 31.6. The van der Waals surface area contributed by atoms with Gasteiger partial charge in [0.1, 0.15) is 35.2 Å². The van der Waals surface area contributed by atoms with Crippen LogP contribution in [0, 0.1) is 34.0 Å². The van der Waals surface area contributed by atoms with Crippen molar-refractivity contribution in [1.29, 1.82) is 15.8 Å². The predicted octanol–water partition coefficient (Wildman–Crippen LogP) is 3.22. The Balaban J connectivity index is 2.37. The Morgan fingerprint density at radius 1 is 0.684 bits per heavy atom. The topological polar surface area (TPSA) is 128 Å². The molecule has 0 unspecified atom stereocenters. The lowest BCUT2D eigenvalue weighted by Crippen LogP contribution is -2.39. The van der Waals surface area contributed by atoms with Crippen molar-refractivity contribution in [3.63, 3.8) is 0 Å². The highest BCUT2D eigenvalue weighted by atomic mass is 31.2. The minimum Gasteiger partial charge on any atom is -0.280 e. The van der Waals surface area contributed by atoms with Gasteiger partial charge in [-0.25, -0.2) is 9.54 Å². The van der Waals surface area contributed by atoms with Crippen LogP contribution in [0.25, 0.3) is 5.57 Å². The van der Waals surface area contributed by atoms with Crippen molar-refractivity contribution in [2.75, 3.05) is 0 Å². The van der Waals surface area contributed by atoms with Gasteiger partial charge in [0.05, 0.1) is 12.6 Å². The zero-order chi connectivity index (χ0) is 27.3. The molecule has 0 fully saturated rings. The van der Waals surface area contributed by atoms with E-state index in [2.05, 4.69) is 0 Å². The van der Waals surface area contributed by atoms with Crippen molar-refractivity contribution in [3.05, 3.63) is 123 Å². The van der Waals surface area contributed by atoms with Crippen molar-refractivity contribution < 1.29 is 0 Å². The fraction of sp³-hybridized carbons (Fsp3) is 0.0690. The fourth-order valence-electron chi connectivity index (χ4n) is 4.24. The van der Waals surface area contributed by atoms with E-state index in [1.807, 2.05) is 97.1 Å². The summed E-state index contributed by atoms with van der Waals surface area (Å²) < 4.78 is 7.26. The van der Waals surface area contributed by atoms with Gasteiger partial charge in [-0.2, -0.15) is 15.8 Å². The monoisotopic (exact) mass is 516 g/mol. The molecule has 0 spiro atoms. The highest BCUT2D eigenvalue weighted by molar-refractivity contribution is 7.87. The van der Waals surface area contributed by atoms with Gasteiger partial charge in [0.2, 0.25) is 0 Å². The third-order valence-corrected chi connectivity index (χ3v) is 9.73.